The number of carbonyl (C=O) groups is 2. The van der Waals surface area contributed by atoms with E-state index in [0.29, 0.717) is 12.3 Å². The second-order valence-corrected chi connectivity index (χ2v) is 5.33. The maximum Gasteiger partial charge on any atom is 0.309 e. The summed E-state index contributed by atoms with van der Waals surface area (Å²) in [6, 6.07) is 11.1. The van der Waals surface area contributed by atoms with Crippen molar-refractivity contribution < 1.29 is 14.3 Å². The molecule has 2 aromatic rings. The predicted molar refractivity (Wildman–Crippen MR) is 81.0 cm³/mol. The van der Waals surface area contributed by atoms with Gasteiger partial charge in [0.2, 0.25) is 0 Å². The highest BCUT2D eigenvalue weighted by Gasteiger charge is 2.12. The van der Waals surface area contributed by atoms with Gasteiger partial charge in [-0.2, -0.15) is 0 Å². The highest BCUT2D eigenvalue weighted by Crippen LogP contribution is 2.12. The smallest absolute Gasteiger partial charge is 0.309 e. The Labute approximate surface area is 126 Å². The molecule has 0 radical (unpaired) electrons. The van der Waals surface area contributed by atoms with Gasteiger partial charge in [-0.1, -0.05) is 18.2 Å². The summed E-state index contributed by atoms with van der Waals surface area (Å²) in [5, 5.41) is 7.08. The van der Waals surface area contributed by atoms with E-state index in [-0.39, 0.29) is 6.54 Å². The third-order valence-corrected chi connectivity index (χ3v) is 3.67. The summed E-state index contributed by atoms with van der Waals surface area (Å²) in [4.78, 5) is 24.3. The predicted octanol–water partition coefficient (Wildman–Crippen LogP) is 1.69. The summed E-state index contributed by atoms with van der Waals surface area (Å²) in [5.74, 6) is -0.565. The number of carbonyl (C=O) groups excluding carboxylic acids is 2. The molecule has 0 fully saturated rings. The Kier molecular flexibility index (Phi) is 5.34. The number of hydrogen-bond donors (Lipinski definition) is 2. The van der Waals surface area contributed by atoms with Crippen LogP contribution in [0, 0.1) is 0 Å². The van der Waals surface area contributed by atoms with E-state index in [0.717, 1.165) is 10.4 Å². The Morgan fingerprint density at radius 2 is 1.86 bits per heavy atom. The monoisotopic (exact) mass is 304 g/mol. The average Bonchev–Trinajstić information content (AvgIpc) is 3.03. The zero-order valence-electron chi connectivity index (χ0n) is 11.6. The second kappa shape index (κ2) is 7.44. The molecule has 1 aromatic heterocycles. The molecule has 1 aromatic carbocycles. The molecule has 0 saturated heterocycles. The van der Waals surface area contributed by atoms with E-state index in [2.05, 4.69) is 10.6 Å². The largest absolute Gasteiger partial charge is 0.497 e. The first-order valence-corrected chi connectivity index (χ1v) is 7.28. The van der Waals surface area contributed by atoms with Crippen LogP contribution >= 0.6 is 11.3 Å². The molecule has 0 atom stereocenters. The van der Waals surface area contributed by atoms with Crippen LogP contribution in [-0.2, 0) is 22.7 Å². The van der Waals surface area contributed by atoms with Crippen LogP contribution in [0.15, 0.2) is 41.8 Å². The number of benzene rings is 1. The Hall–Kier alpha value is -2.34. The van der Waals surface area contributed by atoms with Gasteiger partial charge in [0, 0.05) is 11.4 Å². The van der Waals surface area contributed by atoms with E-state index < -0.39 is 11.8 Å². The van der Waals surface area contributed by atoms with Gasteiger partial charge in [0.25, 0.3) is 0 Å². The van der Waals surface area contributed by atoms with E-state index in [1.165, 1.54) is 11.3 Å². The zero-order chi connectivity index (χ0) is 15.1. The number of nitrogens with one attached hydrogen (secondary N) is 2. The maximum atomic E-state index is 11.7. The first-order valence-electron chi connectivity index (χ1n) is 6.40. The van der Waals surface area contributed by atoms with Crippen molar-refractivity contribution in [3.63, 3.8) is 0 Å². The molecular weight excluding hydrogens is 288 g/mol. The number of thiophene rings is 1. The summed E-state index contributed by atoms with van der Waals surface area (Å²) < 4.78 is 5.10. The van der Waals surface area contributed by atoms with E-state index in [4.69, 9.17) is 4.74 Å². The molecule has 2 amide bonds. The van der Waals surface area contributed by atoms with Crippen LogP contribution in [0.1, 0.15) is 10.4 Å². The minimum absolute atomic E-state index is 0.280. The van der Waals surface area contributed by atoms with Crippen molar-refractivity contribution in [1.29, 1.82) is 0 Å². The third kappa shape index (κ3) is 4.61. The molecule has 0 aliphatic carbocycles. The zero-order valence-corrected chi connectivity index (χ0v) is 12.4. The molecule has 2 N–H and O–H groups in total. The topological polar surface area (TPSA) is 67.4 Å². The van der Waals surface area contributed by atoms with Crippen molar-refractivity contribution >= 4 is 23.2 Å². The van der Waals surface area contributed by atoms with Crippen LogP contribution in [0.3, 0.4) is 0 Å². The molecule has 2 rings (SSSR count). The van der Waals surface area contributed by atoms with Gasteiger partial charge in [-0.25, -0.2) is 0 Å². The Bertz CT molecular complexity index is 611. The highest BCUT2D eigenvalue weighted by atomic mass is 32.1. The molecular formula is C15H16N2O3S. The maximum absolute atomic E-state index is 11.7. The Balaban J connectivity index is 1.79. The molecule has 0 aliphatic heterocycles. The van der Waals surface area contributed by atoms with Gasteiger partial charge in [0.05, 0.1) is 13.7 Å². The van der Waals surface area contributed by atoms with Gasteiger partial charge in [0.1, 0.15) is 5.75 Å². The molecule has 0 spiro atoms. The summed E-state index contributed by atoms with van der Waals surface area (Å²) in [6.45, 7) is 0.644. The van der Waals surface area contributed by atoms with Gasteiger partial charge in [-0.05, 0) is 29.1 Å². The van der Waals surface area contributed by atoms with Crippen molar-refractivity contribution in [2.24, 2.45) is 0 Å². The van der Waals surface area contributed by atoms with Gasteiger partial charge in [-0.15, -0.1) is 11.3 Å². The van der Waals surface area contributed by atoms with Crippen LogP contribution < -0.4 is 15.4 Å². The van der Waals surface area contributed by atoms with Crippen LogP contribution in [0.4, 0.5) is 0 Å². The summed E-state index contributed by atoms with van der Waals surface area (Å²) in [5.41, 5.74) is 0.869. The molecule has 5 nitrogen and oxygen atoms in total. The van der Waals surface area contributed by atoms with Crippen molar-refractivity contribution in [1.82, 2.24) is 10.6 Å². The molecule has 21 heavy (non-hydrogen) atoms. The molecule has 0 unspecified atom stereocenters. The molecule has 6 heteroatoms. The number of ether oxygens (including phenoxy) is 1. The van der Waals surface area contributed by atoms with Crippen LogP contribution in [0.25, 0.3) is 0 Å². The van der Waals surface area contributed by atoms with Gasteiger partial charge in [-0.3, -0.25) is 9.59 Å². The van der Waals surface area contributed by atoms with Crippen molar-refractivity contribution in [3.05, 3.63) is 52.2 Å². The van der Waals surface area contributed by atoms with E-state index in [1.54, 1.807) is 7.11 Å². The van der Waals surface area contributed by atoms with Gasteiger partial charge < -0.3 is 15.4 Å². The fourth-order valence-electron chi connectivity index (χ4n) is 1.71. The quantitative estimate of drug-likeness (QED) is 0.826. The lowest BCUT2D eigenvalue weighted by Crippen LogP contribution is -2.39. The summed E-state index contributed by atoms with van der Waals surface area (Å²) >= 11 is 1.53. The standard InChI is InChI=1S/C15H16N2O3S/c1-20-12-5-2-4-11(8-12)9-16-14(18)15(19)17-10-13-6-3-7-21-13/h2-8H,9-10H2,1H3,(H,16,18)(H,17,19). The Morgan fingerprint density at radius 1 is 1.10 bits per heavy atom. The lowest BCUT2D eigenvalue weighted by Gasteiger charge is -2.07. The molecule has 0 saturated carbocycles. The van der Waals surface area contributed by atoms with E-state index >= 15 is 0 Å². The van der Waals surface area contributed by atoms with Crippen LogP contribution in [0.5, 0.6) is 5.75 Å². The summed E-state index contributed by atoms with van der Waals surface area (Å²) in [7, 11) is 1.58. The first-order chi connectivity index (χ1) is 10.2. The first kappa shape index (κ1) is 15.1. The lowest BCUT2D eigenvalue weighted by molar-refractivity contribution is -0.139. The summed E-state index contributed by atoms with van der Waals surface area (Å²) in [6.07, 6.45) is 0. The van der Waals surface area contributed by atoms with Crippen LogP contribution in [0.2, 0.25) is 0 Å². The van der Waals surface area contributed by atoms with E-state index in [1.807, 2.05) is 41.8 Å². The number of methoxy groups -OCH3 is 1. The van der Waals surface area contributed by atoms with Gasteiger partial charge in [0.15, 0.2) is 0 Å². The number of hydrogen-bond acceptors (Lipinski definition) is 4. The lowest BCUT2D eigenvalue weighted by atomic mass is 10.2. The van der Waals surface area contributed by atoms with Crippen molar-refractivity contribution in [2.45, 2.75) is 13.1 Å². The van der Waals surface area contributed by atoms with Crippen molar-refractivity contribution in [2.75, 3.05) is 7.11 Å². The average molecular weight is 304 g/mol. The van der Waals surface area contributed by atoms with Gasteiger partial charge >= 0.3 is 11.8 Å². The van der Waals surface area contributed by atoms with Crippen LogP contribution in [-0.4, -0.2) is 18.9 Å². The minimum atomic E-state index is -0.644. The fourth-order valence-corrected chi connectivity index (χ4v) is 2.35. The highest BCUT2D eigenvalue weighted by molar-refractivity contribution is 7.09. The van der Waals surface area contributed by atoms with Crippen molar-refractivity contribution in [3.8, 4) is 5.75 Å². The minimum Gasteiger partial charge on any atom is -0.497 e. The molecule has 1 heterocycles. The fraction of sp³-hybridized carbons (Fsp3) is 0.200. The SMILES string of the molecule is COc1cccc(CNC(=O)C(=O)NCc2cccs2)c1. The molecule has 0 bridgehead atoms. The molecule has 110 valence electrons. The van der Waals surface area contributed by atoms with E-state index in [9.17, 15) is 9.59 Å². The number of amides is 2. The second-order valence-electron chi connectivity index (χ2n) is 4.30. The molecule has 0 aliphatic rings. The third-order valence-electron chi connectivity index (χ3n) is 2.80. The normalized spacial score (nSPS) is 9.95. The number of rotatable bonds is 5. The Morgan fingerprint density at radius 3 is 2.52 bits per heavy atom.